The number of amides is 1. The van der Waals surface area contributed by atoms with E-state index < -0.39 is 0 Å². The van der Waals surface area contributed by atoms with Crippen molar-refractivity contribution in [3.05, 3.63) is 23.8 Å². The highest BCUT2D eigenvalue weighted by molar-refractivity contribution is 5.95. The van der Waals surface area contributed by atoms with E-state index in [0.717, 1.165) is 0 Å². The van der Waals surface area contributed by atoms with E-state index in [1.54, 1.807) is 7.11 Å². The fraction of sp³-hybridized carbons (Fsp3) is 0.417. The van der Waals surface area contributed by atoms with Gasteiger partial charge in [0.2, 0.25) is 0 Å². The Hall–Kier alpha value is -1.75. The number of ether oxygens (including phenoxy) is 1. The Morgan fingerprint density at radius 3 is 2.47 bits per heavy atom. The molecule has 1 unspecified atom stereocenters. The summed E-state index contributed by atoms with van der Waals surface area (Å²) in [6.07, 6.45) is 0. The van der Waals surface area contributed by atoms with Crippen molar-refractivity contribution < 1.29 is 19.7 Å². The van der Waals surface area contributed by atoms with Gasteiger partial charge in [0.25, 0.3) is 5.91 Å². The van der Waals surface area contributed by atoms with Gasteiger partial charge in [-0.25, -0.2) is 0 Å². The molecule has 3 N–H and O–H groups in total. The standard InChI is InChI=1S/C12H17NO4/c1-8(7-17-2)6-13-12(16)9-3-10(14)5-11(15)4-9/h3-5,8,14-15H,6-7H2,1-2H3,(H,13,16). The average Bonchev–Trinajstić information content (AvgIpc) is 2.25. The first kappa shape index (κ1) is 13.3. The number of hydrogen-bond acceptors (Lipinski definition) is 4. The molecule has 0 saturated carbocycles. The van der Waals surface area contributed by atoms with Gasteiger partial charge >= 0.3 is 0 Å². The molecule has 1 atom stereocenters. The number of benzene rings is 1. The van der Waals surface area contributed by atoms with Gasteiger partial charge in [-0.1, -0.05) is 6.92 Å². The van der Waals surface area contributed by atoms with Crippen LogP contribution in [0.25, 0.3) is 0 Å². The smallest absolute Gasteiger partial charge is 0.251 e. The van der Waals surface area contributed by atoms with Crippen molar-refractivity contribution in [3.63, 3.8) is 0 Å². The van der Waals surface area contributed by atoms with Crippen molar-refractivity contribution in [1.82, 2.24) is 5.32 Å². The third-order valence-electron chi connectivity index (χ3n) is 2.23. The molecule has 0 aliphatic heterocycles. The van der Waals surface area contributed by atoms with Gasteiger partial charge in [0.15, 0.2) is 0 Å². The molecule has 1 aromatic carbocycles. The summed E-state index contributed by atoms with van der Waals surface area (Å²) in [6.45, 7) is 2.98. The van der Waals surface area contributed by atoms with Crippen molar-refractivity contribution in [2.75, 3.05) is 20.3 Å². The molecule has 1 amide bonds. The minimum Gasteiger partial charge on any atom is -0.508 e. The first-order chi connectivity index (χ1) is 8.02. The Morgan fingerprint density at radius 1 is 1.35 bits per heavy atom. The Bertz CT molecular complexity index is 372. The van der Waals surface area contributed by atoms with E-state index in [1.165, 1.54) is 18.2 Å². The molecule has 0 fully saturated rings. The van der Waals surface area contributed by atoms with E-state index in [1.807, 2.05) is 6.92 Å². The van der Waals surface area contributed by atoms with E-state index in [0.29, 0.717) is 13.2 Å². The van der Waals surface area contributed by atoms with Crippen molar-refractivity contribution in [1.29, 1.82) is 0 Å². The third kappa shape index (κ3) is 4.32. The molecule has 0 spiro atoms. The first-order valence-electron chi connectivity index (χ1n) is 5.33. The zero-order valence-electron chi connectivity index (χ0n) is 9.93. The number of nitrogens with one attached hydrogen (secondary N) is 1. The van der Waals surface area contributed by atoms with Crippen molar-refractivity contribution in [2.45, 2.75) is 6.92 Å². The largest absolute Gasteiger partial charge is 0.508 e. The molecule has 0 aliphatic carbocycles. The molecule has 0 radical (unpaired) electrons. The predicted octanol–water partition coefficient (Wildman–Crippen LogP) is 1.11. The van der Waals surface area contributed by atoms with Crippen molar-refractivity contribution in [2.24, 2.45) is 5.92 Å². The molecular formula is C12H17NO4. The van der Waals surface area contributed by atoms with Crippen molar-refractivity contribution in [3.8, 4) is 11.5 Å². The third-order valence-corrected chi connectivity index (χ3v) is 2.23. The van der Waals surface area contributed by atoms with Crippen LogP contribution in [0.15, 0.2) is 18.2 Å². The van der Waals surface area contributed by atoms with Gasteiger partial charge in [-0.15, -0.1) is 0 Å². The molecule has 0 bridgehead atoms. The summed E-state index contributed by atoms with van der Waals surface area (Å²) in [5.41, 5.74) is 0.229. The molecular weight excluding hydrogens is 222 g/mol. The lowest BCUT2D eigenvalue weighted by Crippen LogP contribution is -2.29. The predicted molar refractivity (Wildman–Crippen MR) is 63.1 cm³/mol. The summed E-state index contributed by atoms with van der Waals surface area (Å²) >= 11 is 0. The lowest BCUT2D eigenvalue weighted by Gasteiger charge is -2.11. The van der Waals surface area contributed by atoms with Gasteiger partial charge in [-0.3, -0.25) is 4.79 Å². The van der Waals surface area contributed by atoms with Gasteiger partial charge in [0, 0.05) is 25.3 Å². The number of carbonyl (C=O) groups is 1. The van der Waals surface area contributed by atoms with Crippen LogP contribution in [0.2, 0.25) is 0 Å². The zero-order valence-corrected chi connectivity index (χ0v) is 9.93. The number of carbonyl (C=O) groups excluding carboxylic acids is 1. The van der Waals surface area contributed by atoms with E-state index in [2.05, 4.69) is 5.32 Å². The van der Waals surface area contributed by atoms with E-state index in [9.17, 15) is 15.0 Å². The van der Waals surface area contributed by atoms with Crippen LogP contribution in [-0.2, 0) is 4.74 Å². The Kier molecular flexibility index (Phi) is 4.78. The quantitative estimate of drug-likeness (QED) is 0.719. The van der Waals surface area contributed by atoms with Crippen molar-refractivity contribution >= 4 is 5.91 Å². The molecule has 0 saturated heterocycles. The lowest BCUT2D eigenvalue weighted by molar-refractivity contribution is 0.0933. The minimum atomic E-state index is -0.334. The topological polar surface area (TPSA) is 78.8 Å². The van der Waals surface area contributed by atoms with Gasteiger partial charge in [0.1, 0.15) is 11.5 Å². The monoisotopic (exact) mass is 239 g/mol. The molecule has 0 heterocycles. The minimum absolute atomic E-state index is 0.139. The number of phenols is 2. The number of rotatable bonds is 5. The van der Waals surface area contributed by atoms with Crippen LogP contribution in [0.3, 0.4) is 0 Å². The van der Waals surface area contributed by atoms with Crippen LogP contribution in [-0.4, -0.2) is 36.4 Å². The lowest BCUT2D eigenvalue weighted by atomic mass is 10.1. The van der Waals surface area contributed by atoms with Gasteiger partial charge in [0.05, 0.1) is 6.61 Å². The maximum Gasteiger partial charge on any atom is 0.251 e. The molecule has 5 heteroatoms. The highest BCUT2D eigenvalue weighted by Gasteiger charge is 2.09. The van der Waals surface area contributed by atoms with Crippen LogP contribution in [0.1, 0.15) is 17.3 Å². The van der Waals surface area contributed by atoms with Crippen LogP contribution in [0, 0.1) is 5.92 Å². The molecule has 0 aliphatic rings. The summed E-state index contributed by atoms with van der Waals surface area (Å²) in [5, 5.41) is 21.2. The maximum absolute atomic E-state index is 11.7. The molecule has 0 aromatic heterocycles. The van der Waals surface area contributed by atoms with E-state index in [-0.39, 0.29) is 28.9 Å². The van der Waals surface area contributed by atoms with Crippen LogP contribution in [0.4, 0.5) is 0 Å². The number of hydrogen-bond donors (Lipinski definition) is 3. The summed E-state index contributed by atoms with van der Waals surface area (Å²) < 4.78 is 4.95. The SMILES string of the molecule is COCC(C)CNC(=O)c1cc(O)cc(O)c1. The summed E-state index contributed by atoms with van der Waals surface area (Å²) in [7, 11) is 1.60. The van der Waals surface area contributed by atoms with Crippen LogP contribution < -0.4 is 5.32 Å². The average molecular weight is 239 g/mol. The number of phenolic OH excluding ortho intramolecular Hbond substituents is 2. The Labute approximate surface area is 100 Å². The van der Waals surface area contributed by atoms with Gasteiger partial charge in [-0.2, -0.15) is 0 Å². The highest BCUT2D eigenvalue weighted by Crippen LogP contribution is 2.20. The normalized spacial score (nSPS) is 12.1. The maximum atomic E-state index is 11.7. The molecule has 1 rings (SSSR count). The zero-order chi connectivity index (χ0) is 12.8. The number of aromatic hydroxyl groups is 2. The van der Waals surface area contributed by atoms with Gasteiger partial charge < -0.3 is 20.3 Å². The van der Waals surface area contributed by atoms with E-state index >= 15 is 0 Å². The van der Waals surface area contributed by atoms with Gasteiger partial charge in [-0.05, 0) is 18.1 Å². The first-order valence-corrected chi connectivity index (χ1v) is 5.33. The molecule has 1 aromatic rings. The molecule has 17 heavy (non-hydrogen) atoms. The Morgan fingerprint density at radius 2 is 1.94 bits per heavy atom. The second kappa shape index (κ2) is 6.10. The molecule has 94 valence electrons. The molecule has 5 nitrogen and oxygen atoms in total. The van der Waals surface area contributed by atoms with E-state index in [4.69, 9.17) is 4.74 Å². The fourth-order valence-corrected chi connectivity index (χ4v) is 1.44. The van der Waals surface area contributed by atoms with Crippen LogP contribution in [0.5, 0.6) is 11.5 Å². The summed E-state index contributed by atoms with van der Waals surface area (Å²) in [6, 6.07) is 3.77. The second-order valence-electron chi connectivity index (χ2n) is 4.01. The van der Waals surface area contributed by atoms with Crippen LogP contribution >= 0.6 is 0 Å². The highest BCUT2D eigenvalue weighted by atomic mass is 16.5. The second-order valence-corrected chi connectivity index (χ2v) is 4.01. The fourth-order valence-electron chi connectivity index (χ4n) is 1.44. The number of methoxy groups -OCH3 is 1. The summed E-state index contributed by atoms with van der Waals surface area (Å²) in [5.74, 6) is -0.408. The Balaban J connectivity index is 2.58. The summed E-state index contributed by atoms with van der Waals surface area (Å²) in [4.78, 5) is 11.7.